The minimum atomic E-state index is -0.127. The lowest BCUT2D eigenvalue weighted by Crippen LogP contribution is -2.51. The standard InChI is InChI=1S/C14H25N5OS/c1-5-10-8-19(7-6-18(10)4)14-11(12(15)17-21-14)13(20)16-9(2)3/h9-10H,5-8H2,1-4H3,(H2,15,17)(H,16,20). The lowest BCUT2D eigenvalue weighted by atomic mass is 10.1. The van der Waals surface area contributed by atoms with E-state index in [1.165, 1.54) is 11.5 Å². The number of nitrogens with one attached hydrogen (secondary N) is 1. The van der Waals surface area contributed by atoms with Crippen molar-refractivity contribution in [2.45, 2.75) is 39.3 Å². The second-order valence-electron chi connectivity index (χ2n) is 5.86. The van der Waals surface area contributed by atoms with E-state index >= 15 is 0 Å². The summed E-state index contributed by atoms with van der Waals surface area (Å²) in [6.07, 6.45) is 1.09. The summed E-state index contributed by atoms with van der Waals surface area (Å²) in [5.41, 5.74) is 6.46. The maximum absolute atomic E-state index is 12.4. The van der Waals surface area contributed by atoms with Crippen LogP contribution in [0.15, 0.2) is 0 Å². The number of carbonyl (C=O) groups is 1. The molecule has 0 radical (unpaired) electrons. The van der Waals surface area contributed by atoms with Gasteiger partial charge in [0.2, 0.25) is 0 Å². The topological polar surface area (TPSA) is 74.5 Å². The number of hydrogen-bond acceptors (Lipinski definition) is 6. The second kappa shape index (κ2) is 6.62. The molecule has 1 aromatic rings. The normalized spacial score (nSPS) is 20.0. The molecule has 3 N–H and O–H groups in total. The van der Waals surface area contributed by atoms with E-state index in [2.05, 4.69) is 33.5 Å². The van der Waals surface area contributed by atoms with Crippen LogP contribution in [0.3, 0.4) is 0 Å². The summed E-state index contributed by atoms with van der Waals surface area (Å²) in [7, 11) is 2.15. The zero-order valence-electron chi connectivity index (χ0n) is 13.2. The molecular formula is C14H25N5OS. The van der Waals surface area contributed by atoms with Gasteiger partial charge in [-0.15, -0.1) is 0 Å². The monoisotopic (exact) mass is 311 g/mol. The number of amides is 1. The zero-order chi connectivity index (χ0) is 15.6. The van der Waals surface area contributed by atoms with E-state index in [1.807, 2.05) is 13.8 Å². The number of anilines is 2. The number of rotatable bonds is 4. The fourth-order valence-electron chi connectivity index (χ4n) is 2.63. The Balaban J connectivity index is 2.22. The molecule has 0 bridgehead atoms. The highest BCUT2D eigenvalue weighted by molar-refractivity contribution is 7.11. The van der Waals surface area contributed by atoms with Crippen molar-refractivity contribution in [1.82, 2.24) is 14.6 Å². The van der Waals surface area contributed by atoms with Gasteiger partial charge in [0.05, 0.1) is 0 Å². The first-order valence-electron chi connectivity index (χ1n) is 7.45. The quantitative estimate of drug-likeness (QED) is 0.879. The third-order valence-corrected chi connectivity index (χ3v) is 4.81. The van der Waals surface area contributed by atoms with Crippen LogP contribution >= 0.6 is 11.5 Å². The smallest absolute Gasteiger partial charge is 0.258 e. The van der Waals surface area contributed by atoms with E-state index in [0.717, 1.165) is 31.1 Å². The van der Waals surface area contributed by atoms with Gasteiger partial charge >= 0.3 is 0 Å². The molecule has 1 aliphatic rings. The Labute approximate surface area is 130 Å². The summed E-state index contributed by atoms with van der Waals surface area (Å²) < 4.78 is 4.19. The van der Waals surface area contributed by atoms with Gasteiger partial charge in [-0.1, -0.05) is 6.92 Å². The molecule has 0 saturated carbocycles. The SMILES string of the molecule is CCC1CN(c2snc(N)c2C(=O)NC(C)C)CCN1C. The number of nitrogen functional groups attached to an aromatic ring is 1. The molecule has 1 amide bonds. The second-order valence-corrected chi connectivity index (χ2v) is 6.62. The molecular weight excluding hydrogens is 286 g/mol. The predicted octanol–water partition coefficient (Wildman–Crippen LogP) is 1.39. The van der Waals surface area contributed by atoms with Crippen LogP contribution in [0.5, 0.6) is 0 Å². The molecule has 1 atom stereocenters. The molecule has 0 aliphatic carbocycles. The van der Waals surface area contributed by atoms with Gasteiger partial charge < -0.3 is 16.0 Å². The average molecular weight is 311 g/mol. The van der Waals surface area contributed by atoms with Gasteiger partial charge in [0, 0.05) is 31.7 Å². The van der Waals surface area contributed by atoms with Crippen LogP contribution in [0.2, 0.25) is 0 Å². The third-order valence-electron chi connectivity index (χ3n) is 3.88. The molecule has 1 unspecified atom stereocenters. The van der Waals surface area contributed by atoms with E-state index in [1.54, 1.807) is 0 Å². The van der Waals surface area contributed by atoms with Crippen molar-refractivity contribution in [3.05, 3.63) is 5.56 Å². The summed E-state index contributed by atoms with van der Waals surface area (Å²) in [6.45, 7) is 8.87. The number of likely N-dealkylation sites (N-methyl/N-ethyl adjacent to an activating group) is 1. The molecule has 118 valence electrons. The average Bonchev–Trinajstić information content (AvgIpc) is 2.80. The van der Waals surface area contributed by atoms with Crippen molar-refractivity contribution in [1.29, 1.82) is 0 Å². The first kappa shape index (κ1) is 16.0. The number of piperazine rings is 1. The molecule has 2 rings (SSSR count). The van der Waals surface area contributed by atoms with Gasteiger partial charge in [-0.25, -0.2) is 0 Å². The molecule has 21 heavy (non-hydrogen) atoms. The Hall–Kier alpha value is -1.34. The molecule has 2 heterocycles. The highest BCUT2D eigenvalue weighted by Gasteiger charge is 2.29. The molecule has 0 aromatic carbocycles. The van der Waals surface area contributed by atoms with Crippen molar-refractivity contribution < 1.29 is 4.79 Å². The molecule has 0 spiro atoms. The molecule has 1 saturated heterocycles. The molecule has 1 aromatic heterocycles. The number of aromatic nitrogens is 1. The number of hydrogen-bond donors (Lipinski definition) is 2. The highest BCUT2D eigenvalue weighted by atomic mass is 32.1. The van der Waals surface area contributed by atoms with Crippen LogP contribution in [0.4, 0.5) is 10.8 Å². The summed E-state index contributed by atoms with van der Waals surface area (Å²) in [5.74, 6) is 0.207. The van der Waals surface area contributed by atoms with Crippen LogP contribution in [0.25, 0.3) is 0 Å². The Morgan fingerprint density at radius 1 is 1.52 bits per heavy atom. The van der Waals surface area contributed by atoms with E-state index in [0.29, 0.717) is 17.4 Å². The van der Waals surface area contributed by atoms with Gasteiger partial charge in [0.25, 0.3) is 5.91 Å². The Kier molecular flexibility index (Phi) is 5.05. The summed E-state index contributed by atoms with van der Waals surface area (Å²) in [4.78, 5) is 17.0. The summed E-state index contributed by atoms with van der Waals surface area (Å²) in [6, 6.07) is 0.587. The number of nitrogens with zero attached hydrogens (tertiary/aromatic N) is 3. The van der Waals surface area contributed by atoms with Crippen molar-refractivity contribution in [3.63, 3.8) is 0 Å². The fourth-order valence-corrected chi connectivity index (χ4v) is 3.47. The van der Waals surface area contributed by atoms with Crippen molar-refractivity contribution >= 4 is 28.3 Å². The maximum Gasteiger partial charge on any atom is 0.258 e. The van der Waals surface area contributed by atoms with Crippen molar-refractivity contribution in [2.75, 3.05) is 37.3 Å². The van der Waals surface area contributed by atoms with E-state index in [9.17, 15) is 4.79 Å². The van der Waals surface area contributed by atoms with Crippen molar-refractivity contribution in [2.24, 2.45) is 0 Å². The minimum absolute atomic E-state index is 0.0838. The van der Waals surface area contributed by atoms with Crippen LogP contribution in [0.1, 0.15) is 37.6 Å². The molecule has 7 heteroatoms. The van der Waals surface area contributed by atoms with Crippen molar-refractivity contribution in [3.8, 4) is 0 Å². The first-order valence-corrected chi connectivity index (χ1v) is 8.22. The number of carbonyl (C=O) groups excluding carboxylic acids is 1. The highest BCUT2D eigenvalue weighted by Crippen LogP contribution is 2.32. The first-order chi connectivity index (χ1) is 9.93. The van der Waals surface area contributed by atoms with Gasteiger partial charge in [-0.3, -0.25) is 9.69 Å². The van der Waals surface area contributed by atoms with E-state index in [-0.39, 0.29) is 11.9 Å². The Bertz CT molecular complexity index is 502. The lowest BCUT2D eigenvalue weighted by molar-refractivity contribution is 0.0944. The molecule has 1 fully saturated rings. The lowest BCUT2D eigenvalue weighted by Gasteiger charge is -2.39. The largest absolute Gasteiger partial charge is 0.382 e. The van der Waals surface area contributed by atoms with E-state index < -0.39 is 0 Å². The molecule has 6 nitrogen and oxygen atoms in total. The zero-order valence-corrected chi connectivity index (χ0v) is 14.0. The van der Waals surface area contributed by atoms with Gasteiger partial charge in [0.1, 0.15) is 10.6 Å². The third kappa shape index (κ3) is 3.47. The van der Waals surface area contributed by atoms with Gasteiger partial charge in [0.15, 0.2) is 5.82 Å². The van der Waals surface area contributed by atoms with Gasteiger partial charge in [-0.2, -0.15) is 4.37 Å². The minimum Gasteiger partial charge on any atom is -0.382 e. The maximum atomic E-state index is 12.4. The van der Waals surface area contributed by atoms with Crippen LogP contribution in [-0.4, -0.2) is 53.9 Å². The van der Waals surface area contributed by atoms with E-state index in [4.69, 9.17) is 5.73 Å². The molecule has 1 aliphatic heterocycles. The van der Waals surface area contributed by atoms with Crippen LogP contribution in [0, 0.1) is 0 Å². The summed E-state index contributed by atoms with van der Waals surface area (Å²) in [5, 5.41) is 3.81. The van der Waals surface area contributed by atoms with Gasteiger partial charge in [-0.05, 0) is 38.8 Å². The Morgan fingerprint density at radius 2 is 2.24 bits per heavy atom. The Morgan fingerprint density at radius 3 is 2.86 bits per heavy atom. The number of nitrogens with two attached hydrogens (primary N) is 1. The van der Waals surface area contributed by atoms with Crippen LogP contribution < -0.4 is 16.0 Å². The van der Waals surface area contributed by atoms with Crippen LogP contribution in [-0.2, 0) is 0 Å². The fraction of sp³-hybridized carbons (Fsp3) is 0.714. The summed E-state index contributed by atoms with van der Waals surface area (Å²) >= 11 is 1.32. The predicted molar refractivity (Wildman–Crippen MR) is 88.1 cm³/mol.